The molecule has 28 heavy (non-hydrogen) atoms. The summed E-state index contributed by atoms with van der Waals surface area (Å²) < 4.78 is 18.4. The molecule has 1 aliphatic heterocycles. The first-order chi connectivity index (χ1) is 13.7. The normalized spacial score (nSPS) is 14.2. The van der Waals surface area contributed by atoms with E-state index < -0.39 is 0 Å². The van der Waals surface area contributed by atoms with Crippen molar-refractivity contribution in [1.82, 2.24) is 9.88 Å². The minimum Gasteiger partial charge on any atom is -0.467 e. The zero-order valence-electron chi connectivity index (χ0n) is 15.3. The van der Waals surface area contributed by atoms with Gasteiger partial charge in [-0.2, -0.15) is 0 Å². The fraction of sp³-hybridized carbons (Fsp3) is 0.238. The third-order valence-corrected chi connectivity index (χ3v) is 4.79. The zero-order valence-corrected chi connectivity index (χ0v) is 15.3. The highest BCUT2D eigenvalue weighted by molar-refractivity contribution is 5.95. The predicted octanol–water partition coefficient (Wildman–Crippen LogP) is 3.39. The van der Waals surface area contributed by atoms with Crippen molar-refractivity contribution in [2.45, 2.75) is 6.54 Å². The Morgan fingerprint density at radius 1 is 1.11 bits per heavy atom. The lowest BCUT2D eigenvalue weighted by molar-refractivity contribution is 0.0746. The van der Waals surface area contributed by atoms with E-state index in [0.717, 1.165) is 17.1 Å². The third-order valence-electron chi connectivity index (χ3n) is 4.79. The molecule has 1 aromatic carbocycles. The molecular weight excluding hydrogens is 359 g/mol. The molecule has 1 fully saturated rings. The van der Waals surface area contributed by atoms with Gasteiger partial charge >= 0.3 is 0 Å². The van der Waals surface area contributed by atoms with Gasteiger partial charge in [0.2, 0.25) is 0 Å². The summed E-state index contributed by atoms with van der Waals surface area (Å²) >= 11 is 0. The molecule has 1 aliphatic rings. The molecule has 0 bridgehead atoms. The van der Waals surface area contributed by atoms with Gasteiger partial charge in [0.25, 0.3) is 5.91 Å². The van der Waals surface area contributed by atoms with Crippen LogP contribution >= 0.6 is 0 Å². The van der Waals surface area contributed by atoms with Crippen LogP contribution in [0.5, 0.6) is 0 Å². The number of halogens is 1. The predicted molar refractivity (Wildman–Crippen MR) is 105 cm³/mol. The number of carbonyl (C=O) groups is 1. The second-order valence-corrected chi connectivity index (χ2v) is 6.65. The van der Waals surface area contributed by atoms with Crippen LogP contribution in [0.25, 0.3) is 0 Å². The van der Waals surface area contributed by atoms with Crippen LogP contribution in [-0.4, -0.2) is 42.0 Å². The van der Waals surface area contributed by atoms with Gasteiger partial charge in [-0.3, -0.25) is 9.78 Å². The molecule has 0 saturated carbocycles. The smallest absolute Gasteiger partial charge is 0.255 e. The summed E-state index contributed by atoms with van der Waals surface area (Å²) in [4.78, 5) is 21.0. The van der Waals surface area contributed by atoms with Gasteiger partial charge in [-0.05, 0) is 42.5 Å². The van der Waals surface area contributed by atoms with Gasteiger partial charge in [0.15, 0.2) is 0 Å². The number of hydrogen-bond acceptors (Lipinski definition) is 5. The van der Waals surface area contributed by atoms with Crippen LogP contribution in [-0.2, 0) is 6.54 Å². The Morgan fingerprint density at radius 2 is 1.89 bits per heavy atom. The molecule has 0 spiro atoms. The van der Waals surface area contributed by atoms with Crippen molar-refractivity contribution in [3.05, 3.63) is 78.3 Å². The molecular formula is C21H21FN4O2. The van der Waals surface area contributed by atoms with Gasteiger partial charge in [0.1, 0.15) is 11.6 Å². The van der Waals surface area contributed by atoms with E-state index in [1.165, 1.54) is 12.1 Å². The topological polar surface area (TPSA) is 61.6 Å². The van der Waals surface area contributed by atoms with Crippen LogP contribution in [0.15, 0.2) is 65.5 Å². The van der Waals surface area contributed by atoms with Gasteiger partial charge in [0, 0.05) is 44.3 Å². The second-order valence-electron chi connectivity index (χ2n) is 6.65. The molecule has 0 atom stereocenters. The number of pyridine rings is 1. The number of rotatable bonds is 5. The third kappa shape index (κ3) is 4.14. The first-order valence-corrected chi connectivity index (χ1v) is 9.20. The van der Waals surface area contributed by atoms with Crippen LogP contribution in [0.4, 0.5) is 15.8 Å². The number of nitrogens with one attached hydrogen (secondary N) is 1. The van der Waals surface area contributed by atoms with E-state index in [2.05, 4.69) is 15.2 Å². The molecule has 3 heterocycles. The van der Waals surface area contributed by atoms with Gasteiger partial charge in [-0.1, -0.05) is 0 Å². The maximum atomic E-state index is 13.1. The molecule has 1 saturated heterocycles. The Labute approximate surface area is 162 Å². The number of aromatic nitrogens is 1. The van der Waals surface area contributed by atoms with Crippen molar-refractivity contribution in [3.8, 4) is 0 Å². The molecule has 6 nitrogen and oxygen atoms in total. The highest BCUT2D eigenvalue weighted by Crippen LogP contribution is 2.19. The van der Waals surface area contributed by atoms with E-state index >= 15 is 0 Å². The summed E-state index contributed by atoms with van der Waals surface area (Å²) in [7, 11) is 0. The molecule has 7 heteroatoms. The van der Waals surface area contributed by atoms with Crippen molar-refractivity contribution in [1.29, 1.82) is 0 Å². The lowest BCUT2D eigenvalue weighted by atomic mass is 10.2. The average Bonchev–Trinajstić information content (AvgIpc) is 3.26. The van der Waals surface area contributed by atoms with Crippen LogP contribution in [0.3, 0.4) is 0 Å². The monoisotopic (exact) mass is 380 g/mol. The maximum Gasteiger partial charge on any atom is 0.255 e. The number of furan rings is 1. The number of piperazine rings is 1. The van der Waals surface area contributed by atoms with Gasteiger partial charge < -0.3 is 19.5 Å². The molecule has 144 valence electrons. The Kier molecular flexibility index (Phi) is 5.23. The minimum absolute atomic E-state index is 0.0343. The Balaban J connectivity index is 1.35. The van der Waals surface area contributed by atoms with Gasteiger partial charge in [-0.25, -0.2) is 4.39 Å². The van der Waals surface area contributed by atoms with Crippen molar-refractivity contribution in [2.75, 3.05) is 36.4 Å². The first kappa shape index (κ1) is 18.0. The molecule has 1 amide bonds. The van der Waals surface area contributed by atoms with Crippen LogP contribution in [0, 0.1) is 5.82 Å². The molecule has 0 aliphatic carbocycles. The van der Waals surface area contributed by atoms with E-state index in [0.29, 0.717) is 38.3 Å². The SMILES string of the molecule is O=C(c1cncc(NCc2ccco2)c1)N1CCN(c2ccc(F)cc2)CC1. The number of amides is 1. The molecule has 0 unspecified atom stereocenters. The Morgan fingerprint density at radius 3 is 2.61 bits per heavy atom. The van der Waals surface area contributed by atoms with E-state index in [1.54, 1.807) is 30.8 Å². The summed E-state index contributed by atoms with van der Waals surface area (Å²) in [6.07, 6.45) is 4.90. The summed E-state index contributed by atoms with van der Waals surface area (Å²) in [5, 5.41) is 3.21. The van der Waals surface area contributed by atoms with E-state index in [9.17, 15) is 9.18 Å². The van der Waals surface area contributed by atoms with Crippen LogP contribution in [0.2, 0.25) is 0 Å². The average molecular weight is 380 g/mol. The quantitative estimate of drug-likeness (QED) is 0.735. The van der Waals surface area contributed by atoms with Crippen molar-refractivity contribution < 1.29 is 13.6 Å². The number of anilines is 2. The molecule has 3 aromatic rings. The molecule has 0 radical (unpaired) electrons. The zero-order chi connectivity index (χ0) is 19.3. The second kappa shape index (κ2) is 8.12. The summed E-state index contributed by atoms with van der Waals surface area (Å²) in [6.45, 7) is 3.17. The summed E-state index contributed by atoms with van der Waals surface area (Å²) in [5.41, 5.74) is 2.30. The standard InChI is InChI=1S/C21H21FN4O2/c22-17-3-5-19(6-4-17)25-7-9-26(10-8-25)21(27)16-12-18(14-23-13-16)24-15-20-2-1-11-28-20/h1-6,11-14,24H,7-10,15H2. The fourth-order valence-corrected chi connectivity index (χ4v) is 3.26. The molecule has 2 aromatic heterocycles. The fourth-order valence-electron chi connectivity index (χ4n) is 3.26. The minimum atomic E-state index is -0.245. The van der Waals surface area contributed by atoms with Crippen LogP contribution in [0.1, 0.15) is 16.1 Å². The highest BCUT2D eigenvalue weighted by Gasteiger charge is 2.22. The number of hydrogen-bond donors (Lipinski definition) is 1. The molecule has 4 rings (SSSR count). The van der Waals surface area contributed by atoms with Crippen molar-refractivity contribution in [2.24, 2.45) is 0 Å². The largest absolute Gasteiger partial charge is 0.467 e. The number of nitrogens with zero attached hydrogens (tertiary/aromatic N) is 3. The Bertz CT molecular complexity index is 920. The number of benzene rings is 1. The lowest BCUT2D eigenvalue weighted by Crippen LogP contribution is -2.48. The number of carbonyl (C=O) groups excluding carboxylic acids is 1. The van der Waals surface area contributed by atoms with Crippen LogP contribution < -0.4 is 10.2 Å². The maximum absolute atomic E-state index is 13.1. The van der Waals surface area contributed by atoms with E-state index in [1.807, 2.05) is 23.1 Å². The highest BCUT2D eigenvalue weighted by atomic mass is 19.1. The van der Waals surface area contributed by atoms with Crippen molar-refractivity contribution >= 4 is 17.3 Å². The first-order valence-electron chi connectivity index (χ1n) is 9.20. The van der Waals surface area contributed by atoms with E-state index in [-0.39, 0.29) is 11.7 Å². The van der Waals surface area contributed by atoms with Crippen molar-refractivity contribution in [3.63, 3.8) is 0 Å². The molecule has 1 N–H and O–H groups in total. The Hall–Kier alpha value is -3.35. The lowest BCUT2D eigenvalue weighted by Gasteiger charge is -2.36. The summed E-state index contributed by atoms with van der Waals surface area (Å²) in [6, 6.07) is 12.0. The van der Waals surface area contributed by atoms with Gasteiger partial charge in [0.05, 0.1) is 24.1 Å². The summed E-state index contributed by atoms with van der Waals surface area (Å²) in [5.74, 6) is 0.534. The van der Waals surface area contributed by atoms with E-state index in [4.69, 9.17) is 4.42 Å². The van der Waals surface area contributed by atoms with Gasteiger partial charge in [-0.15, -0.1) is 0 Å².